The highest BCUT2D eigenvalue weighted by Crippen LogP contribution is 2.42. The minimum absolute atomic E-state index is 0.0779. The Morgan fingerprint density at radius 2 is 2.25 bits per heavy atom. The fourth-order valence-corrected chi connectivity index (χ4v) is 6.07. The molecule has 0 saturated carbocycles. The van der Waals surface area contributed by atoms with Gasteiger partial charge in [-0.1, -0.05) is 22.1 Å². The van der Waals surface area contributed by atoms with Crippen LogP contribution in [0.5, 0.6) is 0 Å². The normalized spacial score (nSPS) is 20.7. The third-order valence-corrected chi connectivity index (χ3v) is 7.65. The Kier molecular flexibility index (Phi) is 6.33. The van der Waals surface area contributed by atoms with E-state index in [2.05, 4.69) is 30.9 Å². The number of hydrogen-bond acceptors (Lipinski definition) is 12. The van der Waals surface area contributed by atoms with Gasteiger partial charge in [-0.25, -0.2) is 9.78 Å². The minimum Gasteiger partial charge on any atom is -0.477 e. The number of amides is 2. The van der Waals surface area contributed by atoms with E-state index in [4.69, 9.17) is 5.73 Å². The molecule has 0 aromatic carbocycles. The Hall–Kier alpha value is -3.11. The van der Waals surface area contributed by atoms with Crippen LogP contribution in [0.1, 0.15) is 18.5 Å². The van der Waals surface area contributed by atoms with E-state index in [1.165, 1.54) is 33.8 Å². The molecule has 2 atom stereocenters. The second kappa shape index (κ2) is 9.17. The van der Waals surface area contributed by atoms with Gasteiger partial charge in [-0.05, 0) is 12.8 Å². The zero-order valence-electron chi connectivity index (χ0n) is 16.1. The number of aliphatic carboxylic acids is 1. The first kappa shape index (κ1) is 22.1. The van der Waals surface area contributed by atoms with Crippen LogP contribution in [-0.4, -0.2) is 76.3 Å². The van der Waals surface area contributed by atoms with E-state index in [-0.39, 0.29) is 22.2 Å². The maximum Gasteiger partial charge on any atom is 0.353 e. The first-order chi connectivity index (χ1) is 15.4. The van der Waals surface area contributed by atoms with Gasteiger partial charge in [-0.15, -0.1) is 28.2 Å². The number of rotatable bonds is 8. The highest BCUT2D eigenvalue weighted by atomic mass is 32.2. The van der Waals surface area contributed by atoms with Crippen molar-refractivity contribution in [1.82, 2.24) is 30.6 Å². The standard InChI is InChI=1S/C16H16N8O5S3/c17-16-19-6(4-30-16)10(22-29)13(25)20-11-7-1-2-8(12(15(27)28)24(7)14(11)26)31-5-32-9-3-18-23-21-9/h3-4,7,11,29H,1-2,5H2,(H2,17,19)(H,20,25)(H,27,28)(H,18,21,23)/b22-10-/t7-,11-/m0/s1. The van der Waals surface area contributed by atoms with Crippen molar-refractivity contribution in [1.29, 1.82) is 0 Å². The first-order valence-electron chi connectivity index (χ1n) is 9.06. The number of thiazole rings is 1. The van der Waals surface area contributed by atoms with E-state index < -0.39 is 29.9 Å². The summed E-state index contributed by atoms with van der Waals surface area (Å²) in [5.74, 6) is -2.56. The lowest BCUT2D eigenvalue weighted by Crippen LogP contribution is -2.72. The maximum atomic E-state index is 12.7. The number of nitrogen functional groups attached to an aromatic ring is 1. The highest BCUT2D eigenvalue weighted by Gasteiger charge is 2.53. The van der Waals surface area contributed by atoms with Crippen molar-refractivity contribution >= 4 is 63.5 Å². The molecule has 13 nitrogen and oxygen atoms in total. The maximum absolute atomic E-state index is 12.7. The number of aromatic amines is 1. The van der Waals surface area contributed by atoms with Crippen molar-refractivity contribution in [3.63, 3.8) is 0 Å². The Morgan fingerprint density at radius 3 is 2.88 bits per heavy atom. The van der Waals surface area contributed by atoms with Crippen LogP contribution in [0, 0.1) is 0 Å². The summed E-state index contributed by atoms with van der Waals surface area (Å²) in [5.41, 5.74) is 5.16. The number of fused-ring (bicyclic) bond motifs is 1. The molecule has 0 unspecified atom stereocenters. The van der Waals surface area contributed by atoms with Gasteiger partial charge < -0.3 is 21.4 Å². The number of nitrogens with zero attached hydrogens (tertiary/aromatic N) is 5. The number of nitrogens with one attached hydrogen (secondary N) is 2. The Morgan fingerprint density at radius 1 is 1.44 bits per heavy atom. The number of nitrogens with two attached hydrogens (primary N) is 1. The number of β-lactam (4-membered cyclic amide) rings is 1. The van der Waals surface area contributed by atoms with Crippen molar-refractivity contribution < 1.29 is 24.7 Å². The van der Waals surface area contributed by atoms with Crippen molar-refractivity contribution in [2.24, 2.45) is 5.16 Å². The summed E-state index contributed by atoms with van der Waals surface area (Å²) in [6, 6.07) is -1.44. The molecule has 2 aromatic heterocycles. The van der Waals surface area contributed by atoms with Gasteiger partial charge in [0.25, 0.3) is 11.8 Å². The van der Waals surface area contributed by atoms with Crippen LogP contribution in [0.4, 0.5) is 5.13 Å². The van der Waals surface area contributed by atoms with Gasteiger partial charge in [0, 0.05) is 10.3 Å². The fraction of sp³-hybridized carbons (Fsp3) is 0.312. The second-order valence-electron chi connectivity index (χ2n) is 6.58. The molecular formula is C16H16N8O5S3. The molecule has 0 bridgehead atoms. The number of carboxylic acids is 1. The molecule has 0 spiro atoms. The van der Waals surface area contributed by atoms with Crippen LogP contribution in [0.3, 0.4) is 0 Å². The Balaban J connectivity index is 1.44. The molecule has 16 heteroatoms. The van der Waals surface area contributed by atoms with Gasteiger partial charge >= 0.3 is 5.97 Å². The van der Waals surface area contributed by atoms with E-state index in [1.807, 2.05) is 0 Å². The number of anilines is 1. The summed E-state index contributed by atoms with van der Waals surface area (Å²) in [6.45, 7) is 0. The molecule has 1 fully saturated rings. The smallest absolute Gasteiger partial charge is 0.353 e. The van der Waals surface area contributed by atoms with Gasteiger partial charge in [-0.2, -0.15) is 0 Å². The molecule has 168 valence electrons. The van der Waals surface area contributed by atoms with Crippen LogP contribution in [0.15, 0.2) is 32.4 Å². The second-order valence-corrected chi connectivity index (χ2v) is 9.90. The molecule has 4 rings (SSSR count). The van der Waals surface area contributed by atoms with E-state index in [9.17, 15) is 24.7 Å². The highest BCUT2D eigenvalue weighted by molar-refractivity contribution is 8.17. The fourth-order valence-electron chi connectivity index (χ4n) is 3.41. The molecule has 0 aliphatic carbocycles. The summed E-state index contributed by atoms with van der Waals surface area (Å²) in [4.78, 5) is 42.9. The van der Waals surface area contributed by atoms with Gasteiger partial charge in [0.2, 0.25) is 0 Å². The lowest BCUT2D eigenvalue weighted by Gasteiger charge is -2.50. The quantitative estimate of drug-likeness (QED) is 0.0840. The number of allylic oxidation sites excluding steroid dienone is 1. The van der Waals surface area contributed by atoms with Gasteiger partial charge in [-0.3, -0.25) is 19.6 Å². The zero-order chi connectivity index (χ0) is 22.8. The summed E-state index contributed by atoms with van der Waals surface area (Å²) < 4.78 is 0. The number of aromatic nitrogens is 4. The molecule has 32 heavy (non-hydrogen) atoms. The largest absolute Gasteiger partial charge is 0.477 e. The van der Waals surface area contributed by atoms with Crippen LogP contribution < -0.4 is 11.1 Å². The van der Waals surface area contributed by atoms with Crippen molar-refractivity contribution in [3.05, 3.63) is 27.9 Å². The average Bonchev–Trinajstić information content (AvgIpc) is 3.44. The molecule has 2 aromatic rings. The third-order valence-electron chi connectivity index (χ3n) is 4.80. The van der Waals surface area contributed by atoms with E-state index in [1.54, 1.807) is 6.20 Å². The van der Waals surface area contributed by atoms with Crippen molar-refractivity contribution in [2.75, 3.05) is 10.8 Å². The number of H-pyrrole nitrogens is 1. The molecule has 0 radical (unpaired) electrons. The first-order valence-corrected chi connectivity index (χ1v) is 11.9. The zero-order valence-corrected chi connectivity index (χ0v) is 18.5. The molecule has 2 aliphatic heterocycles. The Labute approximate surface area is 192 Å². The SMILES string of the molecule is Nc1nc(/C(=N/O)C(=O)N[C@@H]2C(=O)N3C(C(=O)O)=C(SCSc4c[nH]nn4)CC[C@@H]23)cs1. The summed E-state index contributed by atoms with van der Waals surface area (Å²) in [7, 11) is 0. The summed E-state index contributed by atoms with van der Waals surface area (Å²) in [5, 5.41) is 37.3. The number of oxime groups is 1. The molecule has 4 heterocycles. The lowest BCUT2D eigenvalue weighted by atomic mass is 9.86. The van der Waals surface area contributed by atoms with Crippen LogP contribution in [0.25, 0.3) is 0 Å². The van der Waals surface area contributed by atoms with E-state index in [0.717, 1.165) is 11.3 Å². The molecular weight excluding hydrogens is 480 g/mol. The van der Waals surface area contributed by atoms with Crippen LogP contribution >= 0.6 is 34.9 Å². The topological polar surface area (TPSA) is 200 Å². The minimum atomic E-state index is -1.21. The molecule has 2 amide bonds. The molecule has 1 saturated heterocycles. The Bertz CT molecular complexity index is 1110. The third kappa shape index (κ3) is 4.15. The summed E-state index contributed by atoms with van der Waals surface area (Å²) in [6.07, 6.45) is 2.54. The van der Waals surface area contributed by atoms with E-state index in [0.29, 0.717) is 27.9 Å². The number of carboxylic acid groups (broad SMARTS) is 1. The van der Waals surface area contributed by atoms with Crippen LogP contribution in [0.2, 0.25) is 0 Å². The van der Waals surface area contributed by atoms with Crippen molar-refractivity contribution in [3.8, 4) is 0 Å². The van der Waals surface area contributed by atoms with Crippen LogP contribution in [-0.2, 0) is 14.4 Å². The number of carbonyl (C=O) groups excluding carboxylic acids is 2. The van der Waals surface area contributed by atoms with Gasteiger partial charge in [0.1, 0.15) is 22.5 Å². The number of carbonyl (C=O) groups is 3. The van der Waals surface area contributed by atoms with Gasteiger partial charge in [0.05, 0.1) is 17.3 Å². The number of hydrogen-bond donors (Lipinski definition) is 5. The summed E-state index contributed by atoms with van der Waals surface area (Å²) >= 11 is 3.78. The number of thioether (sulfide) groups is 2. The molecule has 6 N–H and O–H groups in total. The molecule has 2 aliphatic rings. The van der Waals surface area contributed by atoms with Gasteiger partial charge in [0.15, 0.2) is 10.8 Å². The predicted octanol–water partition coefficient (Wildman–Crippen LogP) is 0.290. The van der Waals surface area contributed by atoms with Crippen molar-refractivity contribution in [2.45, 2.75) is 30.0 Å². The average molecular weight is 497 g/mol. The monoisotopic (exact) mass is 496 g/mol. The lowest BCUT2D eigenvalue weighted by molar-refractivity contribution is -0.155. The van der Waals surface area contributed by atoms with E-state index >= 15 is 0 Å². The predicted molar refractivity (Wildman–Crippen MR) is 116 cm³/mol.